The number of ether oxygens (including phenoxy) is 1. The predicted molar refractivity (Wildman–Crippen MR) is 50.7 cm³/mol. The number of pyridine rings is 1. The molecule has 0 saturated carbocycles. The van der Waals surface area contributed by atoms with E-state index in [1.807, 2.05) is 12.1 Å². The molecule has 1 aromatic rings. The Kier molecular flexibility index (Phi) is 3.71. The molecule has 0 atom stereocenters. The molecule has 0 aliphatic rings. The van der Waals surface area contributed by atoms with Gasteiger partial charge >= 0.3 is 0 Å². The third kappa shape index (κ3) is 2.42. The van der Waals surface area contributed by atoms with Gasteiger partial charge in [0.1, 0.15) is 0 Å². The Hall–Kier alpha value is -1.09. The molecule has 1 aromatic heterocycles. The van der Waals surface area contributed by atoms with E-state index in [1.165, 1.54) is 0 Å². The molecule has 3 heteroatoms. The maximum absolute atomic E-state index is 8.95. The van der Waals surface area contributed by atoms with Gasteiger partial charge in [0.2, 0.25) is 5.88 Å². The van der Waals surface area contributed by atoms with Gasteiger partial charge in [-0.25, -0.2) is 4.98 Å². The number of aromatic nitrogens is 1. The summed E-state index contributed by atoms with van der Waals surface area (Å²) in [6.45, 7) is 2.08. The second kappa shape index (κ2) is 4.82. The molecule has 0 aliphatic heterocycles. The molecule has 72 valence electrons. The minimum Gasteiger partial charge on any atom is -0.481 e. The van der Waals surface area contributed by atoms with E-state index in [1.54, 1.807) is 7.11 Å². The summed E-state index contributed by atoms with van der Waals surface area (Å²) >= 11 is 0. The maximum atomic E-state index is 8.95. The van der Waals surface area contributed by atoms with Crippen molar-refractivity contribution in [2.24, 2.45) is 0 Å². The standard InChI is InChI=1S/C10H15NO2/c1-3-4-9-6-5-8(7-12)10(11-9)13-2/h5-6,12H,3-4,7H2,1-2H3. The average molecular weight is 181 g/mol. The molecule has 0 fully saturated rings. The number of rotatable bonds is 4. The van der Waals surface area contributed by atoms with Crippen molar-refractivity contribution in [3.63, 3.8) is 0 Å². The zero-order valence-electron chi connectivity index (χ0n) is 8.08. The first-order chi connectivity index (χ1) is 6.31. The van der Waals surface area contributed by atoms with Gasteiger partial charge in [-0.05, 0) is 18.6 Å². The Balaban J connectivity index is 2.91. The van der Waals surface area contributed by atoms with Crippen LogP contribution >= 0.6 is 0 Å². The van der Waals surface area contributed by atoms with Gasteiger partial charge in [0.25, 0.3) is 0 Å². The summed E-state index contributed by atoms with van der Waals surface area (Å²) in [5.41, 5.74) is 1.75. The summed E-state index contributed by atoms with van der Waals surface area (Å²) in [5, 5.41) is 8.95. The zero-order chi connectivity index (χ0) is 9.68. The Bertz CT molecular complexity index is 274. The fraction of sp³-hybridized carbons (Fsp3) is 0.500. The quantitative estimate of drug-likeness (QED) is 0.766. The monoisotopic (exact) mass is 181 g/mol. The maximum Gasteiger partial charge on any atom is 0.218 e. The van der Waals surface area contributed by atoms with Gasteiger partial charge in [0.15, 0.2) is 0 Å². The van der Waals surface area contributed by atoms with E-state index in [4.69, 9.17) is 9.84 Å². The van der Waals surface area contributed by atoms with Crippen LogP contribution in [0.3, 0.4) is 0 Å². The predicted octanol–water partition coefficient (Wildman–Crippen LogP) is 1.53. The lowest BCUT2D eigenvalue weighted by molar-refractivity contribution is 0.271. The fourth-order valence-electron chi connectivity index (χ4n) is 1.20. The van der Waals surface area contributed by atoms with E-state index in [0.717, 1.165) is 24.1 Å². The van der Waals surface area contributed by atoms with E-state index in [9.17, 15) is 0 Å². The molecule has 0 unspecified atom stereocenters. The van der Waals surface area contributed by atoms with E-state index in [0.29, 0.717) is 5.88 Å². The van der Waals surface area contributed by atoms with Crippen molar-refractivity contribution in [1.29, 1.82) is 0 Å². The van der Waals surface area contributed by atoms with Crippen LogP contribution in [0, 0.1) is 0 Å². The fourth-order valence-corrected chi connectivity index (χ4v) is 1.20. The topological polar surface area (TPSA) is 42.4 Å². The molecule has 0 aromatic carbocycles. The lowest BCUT2D eigenvalue weighted by Gasteiger charge is -2.06. The van der Waals surface area contributed by atoms with Gasteiger partial charge in [0.05, 0.1) is 13.7 Å². The Morgan fingerprint density at radius 1 is 1.46 bits per heavy atom. The van der Waals surface area contributed by atoms with Gasteiger partial charge < -0.3 is 9.84 Å². The molecule has 0 saturated heterocycles. The largest absolute Gasteiger partial charge is 0.481 e. The summed E-state index contributed by atoms with van der Waals surface area (Å²) in [4.78, 5) is 4.27. The van der Waals surface area contributed by atoms with Gasteiger partial charge in [-0.15, -0.1) is 0 Å². The third-order valence-corrected chi connectivity index (χ3v) is 1.87. The van der Waals surface area contributed by atoms with E-state index >= 15 is 0 Å². The second-order valence-corrected chi connectivity index (χ2v) is 2.88. The zero-order valence-corrected chi connectivity index (χ0v) is 8.08. The smallest absolute Gasteiger partial charge is 0.218 e. The molecular formula is C10H15NO2. The lowest BCUT2D eigenvalue weighted by atomic mass is 10.2. The molecule has 0 radical (unpaired) electrons. The van der Waals surface area contributed by atoms with E-state index in [2.05, 4.69) is 11.9 Å². The van der Waals surface area contributed by atoms with Gasteiger partial charge in [0, 0.05) is 11.3 Å². The van der Waals surface area contributed by atoms with E-state index in [-0.39, 0.29) is 6.61 Å². The van der Waals surface area contributed by atoms with Crippen molar-refractivity contribution < 1.29 is 9.84 Å². The minimum atomic E-state index is -0.0252. The van der Waals surface area contributed by atoms with Crippen LogP contribution in [-0.2, 0) is 13.0 Å². The highest BCUT2D eigenvalue weighted by molar-refractivity contribution is 5.27. The number of nitrogens with zero attached hydrogens (tertiary/aromatic N) is 1. The van der Waals surface area contributed by atoms with Crippen molar-refractivity contribution in [2.75, 3.05) is 7.11 Å². The first-order valence-corrected chi connectivity index (χ1v) is 4.45. The number of aryl methyl sites for hydroxylation is 1. The summed E-state index contributed by atoms with van der Waals surface area (Å²) < 4.78 is 5.05. The molecule has 13 heavy (non-hydrogen) atoms. The third-order valence-electron chi connectivity index (χ3n) is 1.87. The number of aliphatic hydroxyl groups is 1. The molecule has 1 heterocycles. The van der Waals surface area contributed by atoms with Crippen molar-refractivity contribution in [3.05, 3.63) is 23.4 Å². The van der Waals surface area contributed by atoms with Gasteiger partial charge in [-0.3, -0.25) is 0 Å². The molecule has 1 N–H and O–H groups in total. The molecule has 0 spiro atoms. The lowest BCUT2D eigenvalue weighted by Crippen LogP contribution is -1.98. The summed E-state index contributed by atoms with van der Waals surface area (Å²) in [5.74, 6) is 0.536. The molecule has 0 amide bonds. The Morgan fingerprint density at radius 2 is 2.23 bits per heavy atom. The van der Waals surface area contributed by atoms with Crippen molar-refractivity contribution in [1.82, 2.24) is 4.98 Å². The highest BCUT2D eigenvalue weighted by atomic mass is 16.5. The Labute approximate surface area is 78.4 Å². The normalized spacial score (nSPS) is 10.1. The number of hydrogen-bond acceptors (Lipinski definition) is 3. The molecular weight excluding hydrogens is 166 g/mol. The van der Waals surface area contributed by atoms with Gasteiger partial charge in [-0.2, -0.15) is 0 Å². The molecule has 3 nitrogen and oxygen atoms in total. The van der Waals surface area contributed by atoms with Crippen LogP contribution in [0.4, 0.5) is 0 Å². The van der Waals surface area contributed by atoms with Crippen LogP contribution < -0.4 is 4.74 Å². The number of methoxy groups -OCH3 is 1. The Morgan fingerprint density at radius 3 is 2.77 bits per heavy atom. The first kappa shape index (κ1) is 9.99. The van der Waals surface area contributed by atoms with Crippen molar-refractivity contribution in [3.8, 4) is 5.88 Å². The second-order valence-electron chi connectivity index (χ2n) is 2.88. The van der Waals surface area contributed by atoms with Crippen LogP contribution in [0.15, 0.2) is 12.1 Å². The van der Waals surface area contributed by atoms with Crippen molar-refractivity contribution >= 4 is 0 Å². The van der Waals surface area contributed by atoms with Crippen LogP contribution in [0.2, 0.25) is 0 Å². The van der Waals surface area contributed by atoms with E-state index < -0.39 is 0 Å². The SMILES string of the molecule is CCCc1ccc(CO)c(OC)n1. The van der Waals surface area contributed by atoms with Crippen molar-refractivity contribution in [2.45, 2.75) is 26.4 Å². The van der Waals surface area contributed by atoms with Crippen LogP contribution in [0.5, 0.6) is 5.88 Å². The minimum absolute atomic E-state index is 0.0252. The molecule has 1 rings (SSSR count). The molecule has 0 bridgehead atoms. The highest BCUT2D eigenvalue weighted by Gasteiger charge is 2.03. The number of hydrogen-bond donors (Lipinski definition) is 1. The molecule has 0 aliphatic carbocycles. The highest BCUT2D eigenvalue weighted by Crippen LogP contribution is 2.16. The van der Waals surface area contributed by atoms with Crippen LogP contribution in [0.25, 0.3) is 0 Å². The van der Waals surface area contributed by atoms with Gasteiger partial charge in [-0.1, -0.05) is 13.3 Å². The summed E-state index contributed by atoms with van der Waals surface area (Å²) in [7, 11) is 1.57. The summed E-state index contributed by atoms with van der Waals surface area (Å²) in [6.07, 6.45) is 2.01. The van der Waals surface area contributed by atoms with Crippen LogP contribution in [-0.4, -0.2) is 17.2 Å². The van der Waals surface area contributed by atoms with Crippen LogP contribution in [0.1, 0.15) is 24.6 Å². The number of aliphatic hydroxyl groups excluding tert-OH is 1. The average Bonchev–Trinajstić information content (AvgIpc) is 2.18. The summed E-state index contributed by atoms with van der Waals surface area (Å²) in [6, 6.07) is 3.79. The first-order valence-electron chi connectivity index (χ1n) is 4.45.